The van der Waals surface area contributed by atoms with E-state index >= 15 is 0 Å². The number of carbonyl (C=O) groups excluding carboxylic acids is 2. The molecule has 0 aliphatic heterocycles. The van der Waals surface area contributed by atoms with E-state index in [9.17, 15) is 9.59 Å². The molecule has 1 aliphatic carbocycles. The van der Waals surface area contributed by atoms with Crippen molar-refractivity contribution >= 4 is 23.0 Å². The van der Waals surface area contributed by atoms with Gasteiger partial charge in [0, 0.05) is 24.6 Å². The molecule has 0 unspecified atom stereocenters. The van der Waals surface area contributed by atoms with Crippen molar-refractivity contribution in [2.75, 3.05) is 14.2 Å². The van der Waals surface area contributed by atoms with Gasteiger partial charge in [0.1, 0.15) is 17.5 Å². The average molecular weight is 508 g/mol. The van der Waals surface area contributed by atoms with Crippen LogP contribution in [0.25, 0.3) is 10.9 Å². The Morgan fingerprint density at radius 3 is 2.30 bits per heavy atom. The Morgan fingerprint density at radius 2 is 1.68 bits per heavy atom. The number of carbonyl (C=O) groups is 2. The number of hydrogen-bond donors (Lipinski definition) is 0. The highest BCUT2D eigenvalue weighted by Gasteiger charge is 2.34. The van der Waals surface area contributed by atoms with Crippen LogP contribution in [-0.2, 0) is 14.2 Å². The van der Waals surface area contributed by atoms with E-state index in [4.69, 9.17) is 18.9 Å². The Balaban J connectivity index is 1.69. The molecule has 1 fully saturated rings. The van der Waals surface area contributed by atoms with Crippen molar-refractivity contribution in [1.29, 1.82) is 0 Å². The summed E-state index contributed by atoms with van der Waals surface area (Å²) < 4.78 is 24.6. The standard InChI is InChI=1S/C30H37NO6/c1-18-16-19(2)27(23-14-15-31(26(18)23)29(33)37-30(3,4)5)36-25-13-12-22(34-6)17-24(25)20-8-10-21(11-9-20)28(32)35-7/h8-11,14-16,22,24-25H,12-13,17H2,1-7H3/t22-,24+,25+/m1/s1. The highest BCUT2D eigenvalue weighted by Crippen LogP contribution is 2.41. The first kappa shape index (κ1) is 26.7. The summed E-state index contributed by atoms with van der Waals surface area (Å²) in [6.45, 7) is 9.60. The van der Waals surface area contributed by atoms with Gasteiger partial charge in [-0.1, -0.05) is 18.2 Å². The van der Waals surface area contributed by atoms with Crippen molar-refractivity contribution in [3.05, 3.63) is 64.8 Å². The molecular formula is C30H37NO6. The van der Waals surface area contributed by atoms with Gasteiger partial charge in [-0.2, -0.15) is 0 Å². The van der Waals surface area contributed by atoms with Gasteiger partial charge in [-0.15, -0.1) is 0 Å². The van der Waals surface area contributed by atoms with Crippen molar-refractivity contribution in [2.45, 2.75) is 77.6 Å². The van der Waals surface area contributed by atoms with Crippen LogP contribution in [0.4, 0.5) is 4.79 Å². The highest BCUT2D eigenvalue weighted by molar-refractivity contribution is 5.96. The minimum atomic E-state index is -0.595. The smallest absolute Gasteiger partial charge is 0.419 e. The largest absolute Gasteiger partial charge is 0.489 e. The van der Waals surface area contributed by atoms with Gasteiger partial charge in [-0.25, -0.2) is 9.59 Å². The van der Waals surface area contributed by atoms with Gasteiger partial charge < -0.3 is 18.9 Å². The van der Waals surface area contributed by atoms with Gasteiger partial charge in [0.25, 0.3) is 0 Å². The van der Waals surface area contributed by atoms with Gasteiger partial charge in [0.2, 0.25) is 0 Å². The Labute approximate surface area is 218 Å². The summed E-state index contributed by atoms with van der Waals surface area (Å²) in [5, 5.41) is 0.886. The Kier molecular flexibility index (Phi) is 7.64. The predicted octanol–water partition coefficient (Wildman–Crippen LogP) is 6.56. The number of methoxy groups -OCH3 is 2. The monoisotopic (exact) mass is 507 g/mol. The summed E-state index contributed by atoms with van der Waals surface area (Å²) in [5.74, 6) is 0.499. The summed E-state index contributed by atoms with van der Waals surface area (Å²) in [5.41, 5.74) is 3.80. The Hall–Kier alpha value is -3.32. The van der Waals surface area contributed by atoms with Crippen LogP contribution in [0, 0.1) is 13.8 Å². The quantitative estimate of drug-likeness (QED) is 0.364. The SMILES string of the molecule is COC(=O)c1ccc([C@@H]2C[C@H](OC)CC[C@@H]2Oc2c(C)cc(C)c3c2ccn3C(=O)OC(C)(C)C)cc1. The molecule has 7 nitrogen and oxygen atoms in total. The second kappa shape index (κ2) is 10.6. The molecule has 4 rings (SSSR count). The number of esters is 1. The molecule has 198 valence electrons. The fourth-order valence-electron chi connectivity index (χ4n) is 5.25. The number of nitrogens with zero attached hydrogens (tertiary/aromatic N) is 1. The maximum absolute atomic E-state index is 12.9. The summed E-state index contributed by atoms with van der Waals surface area (Å²) in [6.07, 6.45) is 3.91. The molecule has 0 bridgehead atoms. The normalized spacial score (nSPS) is 20.0. The van der Waals surface area contributed by atoms with Crippen LogP contribution < -0.4 is 4.74 Å². The fraction of sp³-hybridized carbons (Fsp3) is 0.467. The van der Waals surface area contributed by atoms with Crippen LogP contribution in [0.1, 0.15) is 73.0 Å². The lowest BCUT2D eigenvalue weighted by Crippen LogP contribution is -2.35. The van der Waals surface area contributed by atoms with Gasteiger partial charge >= 0.3 is 12.1 Å². The molecule has 0 spiro atoms. The first-order valence-corrected chi connectivity index (χ1v) is 12.7. The molecule has 1 heterocycles. The second-order valence-corrected chi connectivity index (χ2v) is 10.8. The van der Waals surface area contributed by atoms with Crippen molar-refractivity contribution < 1.29 is 28.5 Å². The zero-order chi connectivity index (χ0) is 26.9. The first-order chi connectivity index (χ1) is 17.5. The Morgan fingerprint density at radius 1 is 0.973 bits per heavy atom. The van der Waals surface area contributed by atoms with E-state index < -0.39 is 11.7 Å². The topological polar surface area (TPSA) is 76.0 Å². The van der Waals surface area contributed by atoms with Crippen LogP contribution >= 0.6 is 0 Å². The minimum absolute atomic E-state index is 0.0779. The third kappa shape index (κ3) is 5.67. The van der Waals surface area contributed by atoms with E-state index in [1.54, 1.807) is 30.0 Å². The third-order valence-corrected chi connectivity index (χ3v) is 6.99. The zero-order valence-electron chi connectivity index (χ0n) is 22.8. The molecule has 3 aromatic rings. The number of rotatable bonds is 5. The van der Waals surface area contributed by atoms with Crippen LogP contribution in [0.2, 0.25) is 0 Å². The highest BCUT2D eigenvalue weighted by atomic mass is 16.6. The van der Waals surface area contributed by atoms with Gasteiger partial charge in [-0.05, 0) is 88.8 Å². The molecule has 0 N–H and O–H groups in total. The Bertz CT molecular complexity index is 1280. The van der Waals surface area contributed by atoms with Crippen molar-refractivity contribution in [1.82, 2.24) is 4.57 Å². The number of aryl methyl sites for hydroxylation is 2. The van der Waals surface area contributed by atoms with Gasteiger partial charge in [-0.3, -0.25) is 4.57 Å². The van der Waals surface area contributed by atoms with E-state index in [2.05, 4.69) is 6.07 Å². The third-order valence-electron chi connectivity index (χ3n) is 6.99. The van der Waals surface area contributed by atoms with Crippen LogP contribution in [-0.4, -0.2) is 48.7 Å². The minimum Gasteiger partial charge on any atom is -0.489 e. The van der Waals surface area contributed by atoms with E-state index in [1.165, 1.54) is 7.11 Å². The number of aromatic nitrogens is 1. The summed E-state index contributed by atoms with van der Waals surface area (Å²) in [6, 6.07) is 11.5. The molecule has 0 saturated heterocycles. The molecular weight excluding hydrogens is 470 g/mol. The maximum Gasteiger partial charge on any atom is 0.419 e. The molecule has 1 aliphatic rings. The van der Waals surface area contributed by atoms with E-state index in [0.717, 1.165) is 52.6 Å². The lowest BCUT2D eigenvalue weighted by atomic mass is 9.79. The van der Waals surface area contributed by atoms with E-state index in [0.29, 0.717) is 5.56 Å². The lowest BCUT2D eigenvalue weighted by molar-refractivity contribution is 0.0193. The van der Waals surface area contributed by atoms with Crippen LogP contribution in [0.5, 0.6) is 5.75 Å². The van der Waals surface area contributed by atoms with Crippen molar-refractivity contribution in [3.8, 4) is 5.75 Å². The average Bonchev–Trinajstić information content (AvgIpc) is 3.31. The molecule has 1 saturated carbocycles. The summed E-state index contributed by atoms with van der Waals surface area (Å²) >= 11 is 0. The number of hydrogen-bond acceptors (Lipinski definition) is 6. The maximum atomic E-state index is 12.9. The molecule has 37 heavy (non-hydrogen) atoms. The van der Waals surface area contributed by atoms with E-state index in [-0.39, 0.29) is 24.1 Å². The van der Waals surface area contributed by atoms with Gasteiger partial charge in [0.15, 0.2) is 0 Å². The molecule has 0 amide bonds. The van der Waals surface area contributed by atoms with Crippen molar-refractivity contribution in [2.24, 2.45) is 0 Å². The van der Waals surface area contributed by atoms with Crippen LogP contribution in [0.3, 0.4) is 0 Å². The molecule has 3 atom stereocenters. The molecule has 7 heteroatoms. The van der Waals surface area contributed by atoms with Crippen LogP contribution in [0.15, 0.2) is 42.6 Å². The summed E-state index contributed by atoms with van der Waals surface area (Å²) in [4.78, 5) is 24.8. The number of ether oxygens (including phenoxy) is 4. The van der Waals surface area contributed by atoms with Gasteiger partial charge in [0.05, 0.1) is 24.3 Å². The van der Waals surface area contributed by atoms with Crippen molar-refractivity contribution in [3.63, 3.8) is 0 Å². The fourth-order valence-corrected chi connectivity index (χ4v) is 5.25. The van der Waals surface area contributed by atoms with E-state index in [1.807, 2.05) is 52.8 Å². The zero-order valence-corrected chi connectivity index (χ0v) is 22.8. The second-order valence-electron chi connectivity index (χ2n) is 10.8. The number of benzene rings is 2. The summed E-state index contributed by atoms with van der Waals surface area (Å²) in [7, 11) is 3.13. The number of fused-ring (bicyclic) bond motifs is 1. The first-order valence-electron chi connectivity index (χ1n) is 12.7. The predicted molar refractivity (Wildman–Crippen MR) is 143 cm³/mol. The lowest BCUT2D eigenvalue weighted by Gasteiger charge is -2.36. The molecule has 0 radical (unpaired) electrons. The molecule has 2 aromatic carbocycles. The molecule has 1 aromatic heterocycles.